The number of nitrogens with one attached hydrogen (secondary N) is 1. The number of hydrogen-bond acceptors (Lipinski definition) is 6. The van der Waals surface area contributed by atoms with E-state index in [4.69, 9.17) is 9.78 Å². The van der Waals surface area contributed by atoms with Crippen LogP contribution in [0, 0.1) is 11.3 Å². The standard InChI is InChI=1S/C18H14F6N4O2/c1-16(2,3)14-7-12(28-30-14)15(29)13(8-25)27-26-11-5-9(17(19,20)21)4-10(6-11)18(22,23)24/h4-7,26H,1-3H3/b27-13+. The zero-order valence-corrected chi connectivity index (χ0v) is 15.7. The number of nitriles is 1. The van der Waals surface area contributed by atoms with Crippen LogP contribution in [0.15, 0.2) is 33.9 Å². The van der Waals surface area contributed by atoms with Crippen molar-refractivity contribution in [3.8, 4) is 6.07 Å². The Morgan fingerprint density at radius 3 is 1.97 bits per heavy atom. The number of anilines is 1. The Kier molecular flexibility index (Phi) is 5.97. The summed E-state index contributed by atoms with van der Waals surface area (Å²) in [7, 11) is 0. The van der Waals surface area contributed by atoms with Gasteiger partial charge in [0.15, 0.2) is 5.69 Å². The highest BCUT2D eigenvalue weighted by molar-refractivity contribution is 6.51. The molecule has 2 aromatic rings. The number of aromatic nitrogens is 1. The zero-order valence-electron chi connectivity index (χ0n) is 15.7. The number of carbonyl (C=O) groups excluding carboxylic acids is 1. The number of carbonyl (C=O) groups is 1. The molecule has 0 radical (unpaired) electrons. The number of ketones is 1. The smallest absolute Gasteiger partial charge is 0.360 e. The Balaban J connectivity index is 2.37. The van der Waals surface area contributed by atoms with Crippen molar-refractivity contribution in [3.05, 3.63) is 46.8 Å². The molecule has 0 atom stereocenters. The van der Waals surface area contributed by atoms with Crippen LogP contribution in [0.1, 0.15) is 48.1 Å². The van der Waals surface area contributed by atoms with Gasteiger partial charge in [-0.2, -0.15) is 36.7 Å². The van der Waals surface area contributed by atoms with Gasteiger partial charge in [-0.15, -0.1) is 0 Å². The average Bonchev–Trinajstić information content (AvgIpc) is 3.11. The molecule has 0 saturated carbocycles. The van der Waals surface area contributed by atoms with Crippen LogP contribution in [0.4, 0.5) is 32.0 Å². The molecule has 0 bridgehead atoms. The normalized spacial score (nSPS) is 13.1. The Bertz CT molecular complexity index is 991. The molecule has 1 aromatic carbocycles. The minimum atomic E-state index is -5.06. The first-order valence-electron chi connectivity index (χ1n) is 8.18. The minimum Gasteiger partial charge on any atom is -0.360 e. The molecular weight excluding hydrogens is 418 g/mol. The van der Waals surface area contributed by atoms with Gasteiger partial charge in [0.2, 0.25) is 11.5 Å². The highest BCUT2D eigenvalue weighted by Gasteiger charge is 2.37. The Labute approximate surface area is 166 Å². The molecule has 0 aliphatic rings. The van der Waals surface area contributed by atoms with Crippen LogP contribution in [0.3, 0.4) is 0 Å². The number of rotatable bonds is 4. The van der Waals surface area contributed by atoms with E-state index in [1.165, 1.54) is 12.1 Å². The largest absolute Gasteiger partial charge is 0.416 e. The lowest BCUT2D eigenvalue weighted by molar-refractivity contribution is -0.143. The molecule has 0 spiro atoms. The molecule has 0 unspecified atom stereocenters. The van der Waals surface area contributed by atoms with Gasteiger partial charge in [-0.05, 0) is 18.2 Å². The van der Waals surface area contributed by atoms with E-state index in [0.717, 1.165) is 0 Å². The third-order valence-corrected chi connectivity index (χ3v) is 3.69. The molecular formula is C18H14F6N4O2. The second kappa shape index (κ2) is 7.81. The summed E-state index contributed by atoms with van der Waals surface area (Å²) in [5.74, 6) is -0.698. The summed E-state index contributed by atoms with van der Waals surface area (Å²) < 4.78 is 82.4. The molecule has 30 heavy (non-hydrogen) atoms. The van der Waals surface area contributed by atoms with E-state index in [2.05, 4.69) is 10.3 Å². The van der Waals surface area contributed by atoms with Crippen LogP contribution in [0.5, 0.6) is 0 Å². The monoisotopic (exact) mass is 432 g/mol. The number of benzene rings is 1. The van der Waals surface area contributed by atoms with Crippen molar-refractivity contribution in [3.63, 3.8) is 0 Å². The minimum absolute atomic E-state index is 0.0608. The zero-order chi connectivity index (χ0) is 22.9. The number of alkyl halides is 6. The van der Waals surface area contributed by atoms with E-state index < -0.39 is 46.1 Å². The maximum Gasteiger partial charge on any atom is 0.416 e. The van der Waals surface area contributed by atoms with Gasteiger partial charge in [-0.1, -0.05) is 25.9 Å². The van der Waals surface area contributed by atoms with Crippen LogP contribution >= 0.6 is 0 Å². The summed E-state index contributed by atoms with van der Waals surface area (Å²) in [5.41, 5.74) is -3.60. The fourth-order valence-electron chi connectivity index (χ4n) is 2.12. The third kappa shape index (κ3) is 5.37. The van der Waals surface area contributed by atoms with Gasteiger partial charge >= 0.3 is 12.4 Å². The van der Waals surface area contributed by atoms with Gasteiger partial charge in [0.1, 0.15) is 11.8 Å². The number of Topliss-reactive ketones (excluding diaryl/α,β-unsaturated/α-hetero) is 1. The highest BCUT2D eigenvalue weighted by atomic mass is 19.4. The van der Waals surface area contributed by atoms with E-state index in [1.807, 2.05) is 5.43 Å². The summed E-state index contributed by atoms with van der Waals surface area (Å²) in [5, 5.41) is 16.0. The lowest BCUT2D eigenvalue weighted by Gasteiger charge is -2.13. The second-order valence-corrected chi connectivity index (χ2v) is 7.13. The maximum absolute atomic E-state index is 12.9. The van der Waals surface area contributed by atoms with Crippen LogP contribution in [0.25, 0.3) is 0 Å². The fraction of sp³-hybridized carbons (Fsp3) is 0.333. The van der Waals surface area contributed by atoms with E-state index in [9.17, 15) is 31.1 Å². The van der Waals surface area contributed by atoms with Crippen LogP contribution in [-0.2, 0) is 17.8 Å². The summed E-state index contributed by atoms with van der Waals surface area (Å²) >= 11 is 0. The molecule has 0 amide bonds. The van der Waals surface area contributed by atoms with Gasteiger partial charge in [-0.25, -0.2) is 0 Å². The van der Waals surface area contributed by atoms with E-state index in [-0.39, 0.29) is 11.8 Å². The molecule has 12 heteroatoms. The predicted molar refractivity (Wildman–Crippen MR) is 92.7 cm³/mol. The Hall–Kier alpha value is -3.36. The van der Waals surface area contributed by atoms with Crippen molar-refractivity contribution in [2.75, 3.05) is 5.43 Å². The van der Waals surface area contributed by atoms with Crippen molar-refractivity contribution in [1.29, 1.82) is 5.26 Å². The molecule has 6 nitrogen and oxygen atoms in total. The fourth-order valence-corrected chi connectivity index (χ4v) is 2.12. The summed E-state index contributed by atoms with van der Waals surface area (Å²) in [6.07, 6.45) is -10.1. The number of hydrogen-bond donors (Lipinski definition) is 1. The molecule has 0 aliphatic carbocycles. The summed E-state index contributed by atoms with van der Waals surface area (Å²) in [6.45, 7) is 5.32. The lowest BCUT2D eigenvalue weighted by Crippen LogP contribution is -2.16. The summed E-state index contributed by atoms with van der Waals surface area (Å²) in [4.78, 5) is 12.3. The molecule has 2 rings (SSSR count). The van der Waals surface area contributed by atoms with Crippen LogP contribution in [0.2, 0.25) is 0 Å². The van der Waals surface area contributed by atoms with Crippen molar-refractivity contribution < 1.29 is 35.7 Å². The molecule has 0 saturated heterocycles. The van der Waals surface area contributed by atoms with E-state index in [0.29, 0.717) is 17.9 Å². The third-order valence-electron chi connectivity index (χ3n) is 3.69. The van der Waals surface area contributed by atoms with Gasteiger partial charge in [0, 0.05) is 11.5 Å². The predicted octanol–water partition coefficient (Wildman–Crippen LogP) is 5.18. The van der Waals surface area contributed by atoms with Crippen molar-refractivity contribution in [2.24, 2.45) is 5.10 Å². The number of halogens is 6. The molecule has 0 aliphatic heterocycles. The second-order valence-electron chi connectivity index (χ2n) is 7.13. The number of hydrazone groups is 1. The molecule has 1 N–H and O–H groups in total. The van der Waals surface area contributed by atoms with Crippen molar-refractivity contribution >= 4 is 17.2 Å². The van der Waals surface area contributed by atoms with Gasteiger partial charge in [0.25, 0.3) is 0 Å². The molecule has 1 aromatic heterocycles. The number of nitrogens with zero attached hydrogens (tertiary/aromatic N) is 3. The lowest BCUT2D eigenvalue weighted by atomic mass is 9.93. The quantitative estimate of drug-likeness (QED) is 0.311. The maximum atomic E-state index is 12.9. The van der Waals surface area contributed by atoms with E-state index >= 15 is 0 Å². The first kappa shape index (κ1) is 22.9. The van der Waals surface area contributed by atoms with Crippen LogP contribution in [-0.4, -0.2) is 16.7 Å². The van der Waals surface area contributed by atoms with Gasteiger partial charge in [-0.3, -0.25) is 10.2 Å². The van der Waals surface area contributed by atoms with Gasteiger partial charge < -0.3 is 4.52 Å². The topological polar surface area (TPSA) is 91.3 Å². The SMILES string of the molecule is CC(C)(C)c1cc(C(=O)/C(C#N)=N/Nc2cc(C(F)(F)F)cc(C(F)(F)F)c2)no1. The van der Waals surface area contributed by atoms with E-state index in [1.54, 1.807) is 20.8 Å². The first-order valence-corrected chi connectivity index (χ1v) is 8.18. The van der Waals surface area contributed by atoms with Gasteiger partial charge in [0.05, 0.1) is 16.8 Å². The molecule has 160 valence electrons. The van der Waals surface area contributed by atoms with Crippen LogP contribution < -0.4 is 5.43 Å². The highest BCUT2D eigenvalue weighted by Crippen LogP contribution is 2.37. The first-order chi connectivity index (χ1) is 13.6. The van der Waals surface area contributed by atoms with Crippen molar-refractivity contribution in [2.45, 2.75) is 38.5 Å². The van der Waals surface area contributed by atoms with Crippen molar-refractivity contribution in [1.82, 2.24) is 5.16 Å². The molecule has 0 fully saturated rings. The summed E-state index contributed by atoms with van der Waals surface area (Å²) in [6, 6.07) is 3.36. The Morgan fingerprint density at radius 2 is 1.57 bits per heavy atom. The Morgan fingerprint density at radius 1 is 1.03 bits per heavy atom. The molecule has 1 heterocycles. The average molecular weight is 432 g/mol.